The molecule has 2 aromatic rings. The summed E-state index contributed by atoms with van der Waals surface area (Å²) in [6.45, 7) is 1.36. The van der Waals surface area contributed by atoms with Crippen LogP contribution in [0.3, 0.4) is 0 Å². The van der Waals surface area contributed by atoms with E-state index in [2.05, 4.69) is 5.32 Å². The molecule has 1 aliphatic heterocycles. The largest absolute Gasteiger partial charge is 0.593 e. The summed E-state index contributed by atoms with van der Waals surface area (Å²) < 4.78 is 59.7. The second-order valence-electron chi connectivity index (χ2n) is 6.31. The van der Waals surface area contributed by atoms with Crippen LogP contribution in [0.15, 0.2) is 35.2 Å². The van der Waals surface area contributed by atoms with Crippen molar-refractivity contribution in [2.24, 2.45) is 0 Å². The molecular formula is C19H19F3N2O3S. The van der Waals surface area contributed by atoms with E-state index >= 15 is 0 Å². The summed E-state index contributed by atoms with van der Waals surface area (Å²) in [5, 5.41) is 2.31. The highest BCUT2D eigenvalue weighted by atomic mass is 32.2. The van der Waals surface area contributed by atoms with Gasteiger partial charge in [-0.25, -0.2) is 13.2 Å². The van der Waals surface area contributed by atoms with E-state index in [1.165, 1.54) is 25.3 Å². The minimum atomic E-state index is -1.61. The number of halogens is 3. The van der Waals surface area contributed by atoms with Crippen molar-refractivity contribution in [1.82, 2.24) is 4.31 Å². The van der Waals surface area contributed by atoms with Crippen LogP contribution < -0.4 is 10.1 Å². The summed E-state index contributed by atoms with van der Waals surface area (Å²) >= 11 is -1.51. The van der Waals surface area contributed by atoms with Gasteiger partial charge in [0.25, 0.3) is 5.91 Å². The van der Waals surface area contributed by atoms with Crippen molar-refractivity contribution in [3.8, 4) is 5.75 Å². The molecule has 2 aromatic carbocycles. The Morgan fingerprint density at radius 3 is 2.36 bits per heavy atom. The number of benzene rings is 2. The molecule has 1 fully saturated rings. The highest BCUT2D eigenvalue weighted by Crippen LogP contribution is 2.30. The number of nitrogens with one attached hydrogen (secondary N) is 1. The minimum absolute atomic E-state index is 0.131. The van der Waals surface area contributed by atoms with E-state index in [1.54, 1.807) is 0 Å². The van der Waals surface area contributed by atoms with Gasteiger partial charge in [0.15, 0.2) is 23.2 Å². The summed E-state index contributed by atoms with van der Waals surface area (Å²) in [7, 11) is 1.44. The van der Waals surface area contributed by atoms with E-state index in [9.17, 15) is 22.5 Å². The molecule has 1 N–H and O–H groups in total. The molecular weight excluding hydrogens is 393 g/mol. The highest BCUT2D eigenvalue weighted by Gasteiger charge is 2.28. The van der Waals surface area contributed by atoms with Gasteiger partial charge in [-0.05, 0) is 25.0 Å². The second-order valence-corrected chi connectivity index (χ2v) is 7.77. The fraction of sp³-hybridized carbons (Fsp3) is 0.316. The zero-order valence-corrected chi connectivity index (χ0v) is 16.0. The lowest BCUT2D eigenvalue weighted by atomic mass is 10.2. The van der Waals surface area contributed by atoms with E-state index in [0.29, 0.717) is 35.9 Å². The monoisotopic (exact) mass is 412 g/mol. The Morgan fingerprint density at radius 1 is 1.11 bits per heavy atom. The quantitative estimate of drug-likeness (QED) is 0.598. The van der Waals surface area contributed by atoms with Gasteiger partial charge in [0.05, 0.1) is 18.5 Å². The predicted octanol–water partition coefficient (Wildman–Crippen LogP) is 3.87. The molecule has 0 bridgehead atoms. The van der Waals surface area contributed by atoms with E-state index in [4.69, 9.17) is 4.74 Å². The van der Waals surface area contributed by atoms with Gasteiger partial charge in [-0.15, -0.1) is 4.31 Å². The number of ether oxygens (including phenoxy) is 1. The molecule has 0 radical (unpaired) electrons. The van der Waals surface area contributed by atoms with Crippen molar-refractivity contribution >= 4 is 23.0 Å². The number of piperidine rings is 1. The van der Waals surface area contributed by atoms with Crippen LogP contribution in [-0.4, -0.2) is 35.0 Å². The van der Waals surface area contributed by atoms with Crippen molar-refractivity contribution < 1.29 is 27.3 Å². The lowest BCUT2D eigenvalue weighted by Gasteiger charge is -2.27. The summed E-state index contributed by atoms with van der Waals surface area (Å²) in [6, 6.07) is 5.76. The Labute approximate surface area is 163 Å². The molecule has 1 heterocycles. The van der Waals surface area contributed by atoms with Crippen LogP contribution in [-0.2, 0) is 11.4 Å². The third kappa shape index (κ3) is 4.43. The fourth-order valence-electron chi connectivity index (χ4n) is 2.96. The highest BCUT2D eigenvalue weighted by molar-refractivity contribution is 7.89. The van der Waals surface area contributed by atoms with E-state index < -0.39 is 34.7 Å². The van der Waals surface area contributed by atoms with Crippen molar-refractivity contribution in [2.75, 3.05) is 25.5 Å². The van der Waals surface area contributed by atoms with Crippen LogP contribution in [0.25, 0.3) is 0 Å². The Morgan fingerprint density at radius 2 is 1.75 bits per heavy atom. The molecule has 0 aromatic heterocycles. The first-order chi connectivity index (χ1) is 13.4. The first kappa shape index (κ1) is 20.5. The van der Waals surface area contributed by atoms with Crippen LogP contribution >= 0.6 is 0 Å². The maximum atomic E-state index is 13.3. The average Bonchev–Trinajstić information content (AvgIpc) is 2.71. The molecule has 0 aliphatic carbocycles. The summed E-state index contributed by atoms with van der Waals surface area (Å²) in [6.07, 6.45) is 2.96. The maximum absolute atomic E-state index is 13.3. The van der Waals surface area contributed by atoms with E-state index in [1.807, 2.05) is 4.31 Å². The van der Waals surface area contributed by atoms with Crippen molar-refractivity contribution in [3.63, 3.8) is 0 Å². The summed E-state index contributed by atoms with van der Waals surface area (Å²) in [4.78, 5) is 12.8. The molecule has 1 aliphatic rings. The normalized spacial score (nSPS) is 15.9. The number of methoxy groups -OCH3 is 1. The number of rotatable bonds is 5. The number of anilines is 1. The van der Waals surface area contributed by atoms with Gasteiger partial charge in [0.1, 0.15) is 0 Å². The van der Waals surface area contributed by atoms with Gasteiger partial charge < -0.3 is 14.6 Å². The Hall–Kier alpha value is -2.23. The lowest BCUT2D eigenvalue weighted by molar-refractivity contribution is 0.102. The van der Waals surface area contributed by atoms with Crippen LogP contribution in [0.1, 0.15) is 29.6 Å². The lowest BCUT2D eigenvalue weighted by Crippen LogP contribution is -2.35. The molecule has 5 nitrogen and oxygen atoms in total. The molecule has 1 saturated heterocycles. The predicted molar refractivity (Wildman–Crippen MR) is 99.1 cm³/mol. The van der Waals surface area contributed by atoms with Crippen molar-refractivity contribution in [1.29, 1.82) is 0 Å². The molecule has 0 saturated carbocycles. The summed E-state index contributed by atoms with van der Waals surface area (Å²) in [5.41, 5.74) is -0.0952. The summed E-state index contributed by atoms with van der Waals surface area (Å²) in [5.74, 6) is -4.72. The fourth-order valence-corrected chi connectivity index (χ4v) is 4.37. The first-order valence-corrected chi connectivity index (χ1v) is 9.82. The third-order valence-corrected chi connectivity index (χ3v) is 5.93. The number of carbonyl (C=O) groups is 1. The molecule has 0 spiro atoms. The average molecular weight is 412 g/mol. The van der Waals surface area contributed by atoms with Crippen LogP contribution in [0, 0.1) is 17.5 Å². The standard InChI is InChI=1S/C19H19F3N2O3S/c1-27-16-6-5-12(9-17(16)28(26)24-7-3-2-4-8-24)19(25)23-13-10-14(20)18(22)15(21)11-13/h5-6,9-11H,2-4,7-8H2,1H3,(H,23,25). The molecule has 1 atom stereocenters. The third-order valence-electron chi connectivity index (χ3n) is 4.41. The van der Waals surface area contributed by atoms with Gasteiger partial charge >= 0.3 is 0 Å². The van der Waals surface area contributed by atoms with E-state index in [-0.39, 0.29) is 11.3 Å². The van der Waals surface area contributed by atoms with Crippen molar-refractivity contribution in [3.05, 3.63) is 53.3 Å². The minimum Gasteiger partial charge on any atom is -0.593 e. The first-order valence-electron chi connectivity index (χ1n) is 8.71. The van der Waals surface area contributed by atoms with Gasteiger partial charge in [-0.1, -0.05) is 6.42 Å². The Kier molecular flexibility index (Phi) is 6.48. The van der Waals surface area contributed by atoms with Crippen LogP contribution in [0.4, 0.5) is 18.9 Å². The number of nitrogens with zero attached hydrogens (tertiary/aromatic N) is 1. The second kappa shape index (κ2) is 8.85. The SMILES string of the molecule is COc1ccc(C(=O)Nc2cc(F)c(F)c(F)c2)cc1[S+]([O-])N1CCCCC1. The molecule has 150 valence electrons. The van der Waals surface area contributed by atoms with Gasteiger partial charge in [-0.3, -0.25) is 4.79 Å². The van der Waals surface area contributed by atoms with E-state index in [0.717, 1.165) is 19.3 Å². The molecule has 1 amide bonds. The number of amides is 1. The Balaban J connectivity index is 1.84. The zero-order valence-electron chi connectivity index (χ0n) is 15.1. The molecule has 9 heteroatoms. The van der Waals surface area contributed by atoms with Crippen molar-refractivity contribution in [2.45, 2.75) is 24.2 Å². The van der Waals surface area contributed by atoms with Gasteiger partial charge in [0.2, 0.25) is 4.90 Å². The zero-order chi connectivity index (χ0) is 20.3. The molecule has 1 unspecified atom stereocenters. The van der Waals surface area contributed by atoms with Gasteiger partial charge in [-0.2, -0.15) is 0 Å². The van der Waals surface area contributed by atoms with Gasteiger partial charge in [0, 0.05) is 42.5 Å². The molecule has 3 rings (SSSR count). The molecule has 28 heavy (non-hydrogen) atoms. The topological polar surface area (TPSA) is 64.6 Å². The number of hydrogen-bond donors (Lipinski definition) is 1. The smallest absolute Gasteiger partial charge is 0.255 e. The maximum Gasteiger partial charge on any atom is 0.255 e. The Bertz CT molecular complexity index is 852. The number of carbonyl (C=O) groups excluding carboxylic acids is 1. The van der Waals surface area contributed by atoms with Crippen LogP contribution in [0.5, 0.6) is 5.75 Å². The van der Waals surface area contributed by atoms with Crippen LogP contribution in [0.2, 0.25) is 0 Å². The number of hydrogen-bond acceptors (Lipinski definition) is 4.